The molecule has 0 unspecified atom stereocenters. The minimum absolute atomic E-state index is 0.0133. The van der Waals surface area contributed by atoms with Gasteiger partial charge in [-0.3, -0.25) is 19.4 Å². The Morgan fingerprint density at radius 2 is 1.02 bits per heavy atom. The molecular formula is C36H31F3N6O2. The second-order valence-electron chi connectivity index (χ2n) is 12.8. The molecule has 0 radical (unpaired) electrons. The van der Waals surface area contributed by atoms with Crippen LogP contribution in [0.4, 0.5) is 25.1 Å². The fourth-order valence-corrected chi connectivity index (χ4v) is 4.98. The third-order valence-corrected chi connectivity index (χ3v) is 7.26. The summed E-state index contributed by atoms with van der Waals surface area (Å²) in [6.45, 7) is 9.30. The summed E-state index contributed by atoms with van der Waals surface area (Å²) < 4.78 is 39.4. The largest absolute Gasteiger partial charge is 0.280 e. The lowest BCUT2D eigenvalue weighted by molar-refractivity contribution is -0.118. The average molecular weight is 637 g/mol. The van der Waals surface area contributed by atoms with E-state index in [0.29, 0.717) is 54.5 Å². The molecule has 4 heterocycles. The van der Waals surface area contributed by atoms with Gasteiger partial charge >= 0.3 is 0 Å². The van der Waals surface area contributed by atoms with Crippen LogP contribution in [0.25, 0.3) is 0 Å². The number of aromatic nitrogens is 4. The number of carbonyl (C=O) groups excluding carboxylic acids is 2. The van der Waals surface area contributed by atoms with E-state index in [2.05, 4.69) is 43.6 Å². The summed E-state index contributed by atoms with van der Waals surface area (Å²) in [6.07, 6.45) is 7.07. The topological polar surface area (TPSA) is 92.2 Å². The van der Waals surface area contributed by atoms with Gasteiger partial charge in [0.25, 0.3) is 0 Å². The molecule has 0 saturated carbocycles. The number of anilines is 2. The van der Waals surface area contributed by atoms with E-state index in [-0.39, 0.29) is 34.0 Å². The van der Waals surface area contributed by atoms with Crippen molar-refractivity contribution in [2.75, 3.05) is 22.9 Å². The molecule has 2 aliphatic rings. The standard InChI is InChI=1S/C18H15F2N3O.C18H16FN3O/c1-18(2)8-16(24)23(11-18)17-21-9-12(10-22-17)3-4-13-7-14(19)5-6-15(13)20;1-18(2)9-16(23)22(12-18)17-20-10-14(11-21-17)4-3-13-5-7-15(19)8-6-13/h5-7,9-10H,8,11H2,1-2H3;5-8,10-11H,9,12H2,1-2H3. The molecule has 6 rings (SSSR count). The Morgan fingerprint density at radius 3 is 1.47 bits per heavy atom. The quantitative estimate of drug-likeness (QED) is 0.263. The van der Waals surface area contributed by atoms with Crippen LogP contribution in [0.1, 0.15) is 62.8 Å². The molecule has 0 bridgehead atoms. The van der Waals surface area contributed by atoms with Crippen LogP contribution >= 0.6 is 0 Å². The van der Waals surface area contributed by atoms with Gasteiger partial charge in [-0.2, -0.15) is 0 Å². The fraction of sp³-hybridized carbons (Fsp3) is 0.278. The number of benzene rings is 2. The molecule has 11 heteroatoms. The van der Waals surface area contributed by atoms with Crippen molar-refractivity contribution in [3.63, 3.8) is 0 Å². The molecule has 47 heavy (non-hydrogen) atoms. The molecule has 0 spiro atoms. The van der Waals surface area contributed by atoms with Gasteiger partial charge in [-0.1, -0.05) is 51.4 Å². The monoisotopic (exact) mass is 636 g/mol. The van der Waals surface area contributed by atoms with Gasteiger partial charge in [-0.05, 0) is 53.3 Å². The van der Waals surface area contributed by atoms with Crippen molar-refractivity contribution in [1.29, 1.82) is 0 Å². The highest BCUT2D eigenvalue weighted by molar-refractivity contribution is 5.95. The van der Waals surface area contributed by atoms with Crippen LogP contribution in [0.5, 0.6) is 0 Å². The first-order valence-electron chi connectivity index (χ1n) is 14.8. The molecule has 2 aromatic heterocycles. The average Bonchev–Trinajstić information content (AvgIpc) is 3.48. The Bertz CT molecular complexity index is 1920. The Kier molecular flexibility index (Phi) is 9.39. The van der Waals surface area contributed by atoms with E-state index in [0.717, 1.165) is 18.2 Å². The first-order valence-corrected chi connectivity index (χ1v) is 14.8. The first-order chi connectivity index (χ1) is 22.3. The van der Waals surface area contributed by atoms with Crippen LogP contribution in [0, 0.1) is 52.0 Å². The number of nitrogens with zero attached hydrogens (tertiary/aromatic N) is 6. The SMILES string of the molecule is CC1(C)CC(=O)N(c2ncc(C#Cc3cc(F)ccc3F)cn2)C1.CC1(C)CC(=O)N(c2ncc(C#Cc3ccc(F)cc3)cn2)C1. The van der Waals surface area contributed by atoms with E-state index in [1.54, 1.807) is 34.3 Å². The second kappa shape index (κ2) is 13.4. The summed E-state index contributed by atoms with van der Waals surface area (Å²) in [7, 11) is 0. The van der Waals surface area contributed by atoms with Crippen molar-refractivity contribution in [3.8, 4) is 23.7 Å². The lowest BCUT2D eigenvalue weighted by Gasteiger charge is -2.17. The molecular weight excluding hydrogens is 605 g/mol. The molecule has 2 aliphatic heterocycles. The van der Waals surface area contributed by atoms with E-state index in [1.807, 2.05) is 27.7 Å². The predicted molar refractivity (Wildman–Crippen MR) is 170 cm³/mol. The first kappa shape index (κ1) is 32.8. The number of carbonyl (C=O) groups is 2. The van der Waals surface area contributed by atoms with Gasteiger partial charge in [0.05, 0.1) is 16.7 Å². The summed E-state index contributed by atoms with van der Waals surface area (Å²) in [5.41, 5.74) is 1.62. The van der Waals surface area contributed by atoms with Crippen LogP contribution in [-0.4, -0.2) is 44.8 Å². The molecule has 2 saturated heterocycles. The predicted octanol–water partition coefficient (Wildman–Crippen LogP) is 5.70. The van der Waals surface area contributed by atoms with Crippen molar-refractivity contribution in [1.82, 2.24) is 19.9 Å². The third-order valence-electron chi connectivity index (χ3n) is 7.26. The van der Waals surface area contributed by atoms with Crippen molar-refractivity contribution >= 4 is 23.7 Å². The number of halogens is 3. The van der Waals surface area contributed by atoms with Gasteiger partial charge in [0.15, 0.2) is 0 Å². The van der Waals surface area contributed by atoms with Crippen molar-refractivity contribution in [2.45, 2.75) is 40.5 Å². The summed E-state index contributed by atoms with van der Waals surface area (Å²) in [5, 5.41) is 0. The number of hydrogen-bond acceptors (Lipinski definition) is 6. The number of amides is 2. The molecule has 0 atom stereocenters. The van der Waals surface area contributed by atoms with Gasteiger partial charge in [0.1, 0.15) is 17.5 Å². The van der Waals surface area contributed by atoms with Gasteiger partial charge < -0.3 is 0 Å². The van der Waals surface area contributed by atoms with Gasteiger partial charge in [0.2, 0.25) is 23.7 Å². The molecule has 2 amide bonds. The maximum atomic E-state index is 13.5. The highest BCUT2D eigenvalue weighted by Crippen LogP contribution is 2.32. The highest BCUT2D eigenvalue weighted by Gasteiger charge is 2.38. The summed E-state index contributed by atoms with van der Waals surface area (Å²) in [5.74, 6) is 10.4. The van der Waals surface area contributed by atoms with Crippen LogP contribution in [0.2, 0.25) is 0 Å². The zero-order valence-electron chi connectivity index (χ0n) is 26.3. The smallest absolute Gasteiger partial charge is 0.232 e. The van der Waals surface area contributed by atoms with E-state index in [9.17, 15) is 22.8 Å². The second-order valence-corrected chi connectivity index (χ2v) is 12.8. The van der Waals surface area contributed by atoms with Crippen molar-refractivity contribution in [2.24, 2.45) is 10.8 Å². The summed E-state index contributed by atoms with van der Waals surface area (Å²) in [4.78, 5) is 43.9. The van der Waals surface area contributed by atoms with E-state index < -0.39 is 11.6 Å². The number of hydrogen-bond donors (Lipinski definition) is 0. The molecule has 4 aromatic rings. The number of rotatable bonds is 2. The van der Waals surface area contributed by atoms with Crippen LogP contribution in [-0.2, 0) is 9.59 Å². The zero-order valence-corrected chi connectivity index (χ0v) is 26.3. The summed E-state index contributed by atoms with van der Waals surface area (Å²) in [6, 6.07) is 9.05. The van der Waals surface area contributed by atoms with Crippen molar-refractivity contribution in [3.05, 3.63) is 107 Å². The summed E-state index contributed by atoms with van der Waals surface area (Å²) >= 11 is 0. The maximum absolute atomic E-state index is 13.5. The molecule has 238 valence electrons. The lowest BCUT2D eigenvalue weighted by atomic mass is 9.93. The van der Waals surface area contributed by atoms with E-state index in [4.69, 9.17) is 0 Å². The van der Waals surface area contributed by atoms with E-state index >= 15 is 0 Å². The van der Waals surface area contributed by atoms with Gasteiger partial charge in [-0.25, -0.2) is 33.1 Å². The Labute approximate surface area is 271 Å². The van der Waals surface area contributed by atoms with Crippen LogP contribution < -0.4 is 9.80 Å². The van der Waals surface area contributed by atoms with Gasteiger partial charge in [0, 0.05) is 56.3 Å². The Balaban J connectivity index is 0.000000185. The third kappa shape index (κ3) is 8.59. The minimum Gasteiger partial charge on any atom is -0.280 e. The lowest BCUT2D eigenvalue weighted by Crippen LogP contribution is -2.27. The Hall–Kier alpha value is -5.55. The maximum Gasteiger partial charge on any atom is 0.232 e. The minimum atomic E-state index is -0.591. The molecule has 0 N–H and O–H groups in total. The highest BCUT2D eigenvalue weighted by atomic mass is 19.1. The fourth-order valence-electron chi connectivity index (χ4n) is 4.98. The Morgan fingerprint density at radius 1 is 0.596 bits per heavy atom. The molecule has 2 aromatic carbocycles. The van der Waals surface area contributed by atoms with Crippen LogP contribution in [0.3, 0.4) is 0 Å². The normalized spacial score (nSPS) is 16.1. The zero-order chi connectivity index (χ0) is 33.8. The van der Waals surface area contributed by atoms with Crippen molar-refractivity contribution < 1.29 is 22.8 Å². The van der Waals surface area contributed by atoms with Gasteiger partial charge in [-0.15, -0.1) is 0 Å². The van der Waals surface area contributed by atoms with Crippen LogP contribution in [0.15, 0.2) is 67.3 Å². The molecule has 0 aliphatic carbocycles. The van der Waals surface area contributed by atoms with E-state index in [1.165, 1.54) is 24.5 Å². The molecule has 8 nitrogen and oxygen atoms in total. The molecule has 2 fully saturated rings.